The van der Waals surface area contributed by atoms with Gasteiger partial charge in [-0.2, -0.15) is 0 Å². The van der Waals surface area contributed by atoms with E-state index in [1.807, 2.05) is 0 Å². The molecule has 0 spiro atoms. The Morgan fingerprint density at radius 2 is 1.32 bits per heavy atom. The van der Waals surface area contributed by atoms with Gasteiger partial charge in [-0.3, -0.25) is 0 Å². The van der Waals surface area contributed by atoms with Gasteiger partial charge in [-0.15, -0.1) is 0 Å². The van der Waals surface area contributed by atoms with E-state index in [1.165, 1.54) is 44.9 Å². The Morgan fingerprint density at radius 3 is 1.77 bits per heavy atom. The first kappa shape index (κ1) is 22.0. The summed E-state index contributed by atoms with van der Waals surface area (Å²) in [5, 5.41) is 0.414. The molecule has 0 bridgehead atoms. The minimum Gasteiger partial charge on any atom is -0.430 e. The summed E-state index contributed by atoms with van der Waals surface area (Å²) < 4.78 is 2.83. The molecular formula is C19H43NSi2. The van der Waals surface area contributed by atoms with E-state index in [0.717, 1.165) is 0 Å². The molecule has 0 saturated carbocycles. The van der Waals surface area contributed by atoms with Crippen molar-refractivity contribution in [3.63, 3.8) is 0 Å². The van der Waals surface area contributed by atoms with Gasteiger partial charge in [0.25, 0.3) is 0 Å². The molecule has 0 aliphatic carbocycles. The van der Waals surface area contributed by atoms with Crippen LogP contribution >= 0.6 is 0 Å². The maximum atomic E-state index is 2.83. The van der Waals surface area contributed by atoms with E-state index >= 15 is 0 Å². The van der Waals surface area contributed by atoms with Crippen molar-refractivity contribution in [3.05, 3.63) is 12.3 Å². The van der Waals surface area contributed by atoms with Crippen LogP contribution in [0.3, 0.4) is 0 Å². The smallest absolute Gasteiger partial charge is 0.146 e. The van der Waals surface area contributed by atoms with Gasteiger partial charge in [0.2, 0.25) is 0 Å². The van der Waals surface area contributed by atoms with E-state index in [1.54, 1.807) is 0 Å². The largest absolute Gasteiger partial charge is 0.430 e. The summed E-state index contributed by atoms with van der Waals surface area (Å²) in [7, 11) is -2.76. The van der Waals surface area contributed by atoms with Crippen LogP contribution in [0.4, 0.5) is 0 Å². The molecule has 0 saturated heterocycles. The summed E-state index contributed by atoms with van der Waals surface area (Å²) in [6.45, 7) is 22.1. The lowest BCUT2D eigenvalue weighted by Crippen LogP contribution is -2.61. The number of hydrogen-bond donors (Lipinski definition) is 0. The average Bonchev–Trinajstić information content (AvgIpc) is 2.33. The van der Waals surface area contributed by atoms with Gasteiger partial charge in [-0.1, -0.05) is 98.6 Å². The zero-order valence-electron chi connectivity index (χ0n) is 17.1. The highest BCUT2D eigenvalue weighted by atomic mass is 28.4. The lowest BCUT2D eigenvalue weighted by atomic mass is 10.1. The zero-order chi connectivity index (χ0) is 17.4. The molecule has 0 unspecified atom stereocenters. The minimum absolute atomic E-state index is 0.414. The standard InChI is InChI=1S/C19H43NSi2/c1-10-11-12-13-14-15-16-17-18-20(21(5,6)7)22(8,9)19(2,3)4/h17-18H,10-16H2,1-9H3. The molecule has 0 radical (unpaired) electrons. The molecule has 0 aromatic rings. The Balaban J connectivity index is 4.54. The van der Waals surface area contributed by atoms with Gasteiger partial charge in [0.05, 0.1) is 0 Å². The summed E-state index contributed by atoms with van der Waals surface area (Å²) >= 11 is 0. The molecule has 3 heteroatoms. The molecule has 0 aromatic heterocycles. The van der Waals surface area contributed by atoms with Crippen LogP contribution in [-0.2, 0) is 0 Å². The fraction of sp³-hybridized carbons (Fsp3) is 0.895. The molecule has 0 atom stereocenters. The number of allylic oxidation sites excluding steroid dienone is 1. The van der Waals surface area contributed by atoms with Crippen molar-refractivity contribution in [3.8, 4) is 0 Å². The fourth-order valence-electron chi connectivity index (χ4n) is 2.83. The molecule has 0 N–H and O–H groups in total. The van der Waals surface area contributed by atoms with Crippen molar-refractivity contribution in [1.29, 1.82) is 0 Å². The highest BCUT2D eigenvalue weighted by Gasteiger charge is 2.44. The SMILES string of the molecule is CCCCCCCCC=CN([Si](C)(C)C)[Si](C)(C)C(C)(C)C. The first-order valence-electron chi connectivity index (χ1n) is 9.40. The predicted molar refractivity (Wildman–Crippen MR) is 110 cm³/mol. The maximum Gasteiger partial charge on any atom is 0.146 e. The second kappa shape index (κ2) is 9.31. The lowest BCUT2D eigenvalue weighted by molar-refractivity contribution is 0.608. The first-order chi connectivity index (χ1) is 9.94. The van der Waals surface area contributed by atoms with Gasteiger partial charge in [-0.25, -0.2) is 0 Å². The zero-order valence-corrected chi connectivity index (χ0v) is 19.1. The molecule has 0 aliphatic heterocycles. The number of hydrogen-bond acceptors (Lipinski definition) is 1. The van der Waals surface area contributed by atoms with Crippen LogP contribution in [0.25, 0.3) is 0 Å². The van der Waals surface area contributed by atoms with Crippen LogP contribution in [-0.4, -0.2) is 20.7 Å². The van der Waals surface area contributed by atoms with Crippen LogP contribution in [0, 0.1) is 0 Å². The van der Waals surface area contributed by atoms with Crippen LogP contribution < -0.4 is 0 Å². The summed E-state index contributed by atoms with van der Waals surface area (Å²) in [6.07, 6.45) is 14.5. The molecule has 0 aromatic carbocycles. The normalized spacial score (nSPS) is 13.9. The molecule has 0 rings (SSSR count). The Morgan fingerprint density at radius 1 is 0.818 bits per heavy atom. The van der Waals surface area contributed by atoms with Crippen molar-refractivity contribution in [1.82, 2.24) is 4.23 Å². The van der Waals surface area contributed by atoms with Crippen LogP contribution in [0.5, 0.6) is 0 Å². The Labute approximate surface area is 143 Å². The van der Waals surface area contributed by atoms with Gasteiger partial charge < -0.3 is 4.23 Å². The van der Waals surface area contributed by atoms with Gasteiger partial charge in [0.1, 0.15) is 16.5 Å². The molecule has 132 valence electrons. The van der Waals surface area contributed by atoms with Gasteiger partial charge in [-0.05, 0) is 24.1 Å². The first-order valence-corrected chi connectivity index (χ1v) is 15.8. The van der Waals surface area contributed by atoms with Crippen LogP contribution in [0.2, 0.25) is 37.8 Å². The number of unbranched alkanes of at least 4 members (excludes halogenated alkanes) is 6. The van der Waals surface area contributed by atoms with Gasteiger partial charge in [0.15, 0.2) is 0 Å². The number of rotatable bonds is 10. The third kappa shape index (κ3) is 7.50. The van der Waals surface area contributed by atoms with Gasteiger partial charge in [0, 0.05) is 0 Å². The summed E-state index contributed by atoms with van der Waals surface area (Å²) in [5.74, 6) is 0. The highest BCUT2D eigenvalue weighted by Crippen LogP contribution is 2.40. The number of nitrogens with zero attached hydrogens (tertiary/aromatic N) is 1. The monoisotopic (exact) mass is 341 g/mol. The molecule has 1 nitrogen and oxygen atoms in total. The highest BCUT2D eigenvalue weighted by molar-refractivity contribution is 6.91. The Bertz CT molecular complexity index is 321. The minimum atomic E-state index is -1.45. The lowest BCUT2D eigenvalue weighted by Gasteiger charge is -2.51. The van der Waals surface area contributed by atoms with Crippen LogP contribution in [0.15, 0.2) is 12.3 Å². The molecule has 0 fully saturated rings. The van der Waals surface area contributed by atoms with E-state index in [2.05, 4.69) is 76.9 Å². The van der Waals surface area contributed by atoms with Crippen molar-refractivity contribution in [2.75, 3.05) is 0 Å². The molecule has 0 heterocycles. The van der Waals surface area contributed by atoms with Crippen molar-refractivity contribution in [2.45, 2.75) is 110 Å². The average molecular weight is 342 g/mol. The second-order valence-electron chi connectivity index (χ2n) is 9.29. The quantitative estimate of drug-likeness (QED) is 0.295. The molecular weight excluding hydrogens is 298 g/mol. The van der Waals surface area contributed by atoms with Gasteiger partial charge >= 0.3 is 0 Å². The fourth-order valence-corrected chi connectivity index (χ4v) is 12.3. The van der Waals surface area contributed by atoms with Crippen molar-refractivity contribution < 1.29 is 0 Å². The Kier molecular flexibility index (Phi) is 9.30. The summed E-state index contributed by atoms with van der Waals surface area (Å²) in [4.78, 5) is 0. The third-order valence-corrected chi connectivity index (χ3v) is 15.4. The van der Waals surface area contributed by atoms with E-state index in [0.29, 0.717) is 5.04 Å². The topological polar surface area (TPSA) is 3.24 Å². The summed E-state index contributed by atoms with van der Waals surface area (Å²) in [5.41, 5.74) is 0. The van der Waals surface area contributed by atoms with E-state index in [4.69, 9.17) is 0 Å². The molecule has 22 heavy (non-hydrogen) atoms. The summed E-state index contributed by atoms with van der Waals surface area (Å²) in [6, 6.07) is 0. The second-order valence-corrected chi connectivity index (χ2v) is 19.7. The van der Waals surface area contributed by atoms with E-state index in [-0.39, 0.29) is 0 Å². The maximum absolute atomic E-state index is 2.83. The van der Waals surface area contributed by atoms with Crippen LogP contribution in [0.1, 0.15) is 72.6 Å². The predicted octanol–water partition coefficient (Wildman–Crippen LogP) is 7.39. The van der Waals surface area contributed by atoms with Crippen molar-refractivity contribution >= 4 is 16.5 Å². The molecule has 0 aliphatic rings. The van der Waals surface area contributed by atoms with E-state index in [9.17, 15) is 0 Å². The Hall–Kier alpha value is -0.0262. The third-order valence-electron chi connectivity index (χ3n) is 5.14. The van der Waals surface area contributed by atoms with E-state index < -0.39 is 16.5 Å². The van der Waals surface area contributed by atoms with Crippen molar-refractivity contribution in [2.24, 2.45) is 0 Å². The molecule has 0 amide bonds.